The quantitative estimate of drug-likeness (QED) is 0.381. The molecule has 5 heterocycles. The fourth-order valence-corrected chi connectivity index (χ4v) is 6.90. The molecule has 10 nitrogen and oxygen atoms in total. The molecule has 1 aromatic carbocycles. The number of para-hydroxylation sites is 1. The van der Waals surface area contributed by atoms with Crippen LogP contribution in [0.15, 0.2) is 48.8 Å². The lowest BCUT2D eigenvalue weighted by Gasteiger charge is -2.44. The third-order valence-electron chi connectivity index (χ3n) is 9.21. The van der Waals surface area contributed by atoms with Gasteiger partial charge in [-0.15, -0.1) is 0 Å². The van der Waals surface area contributed by atoms with E-state index in [9.17, 15) is 22.8 Å². The first-order valence-electron chi connectivity index (χ1n) is 16.2. The first kappa shape index (κ1) is 32.5. The molecule has 3 amide bonds. The number of pyridine rings is 2. The minimum Gasteiger partial charge on any atom is -0.492 e. The molecule has 47 heavy (non-hydrogen) atoms. The second-order valence-electron chi connectivity index (χ2n) is 12.3. The molecule has 2 atom stereocenters. The fourth-order valence-electron chi connectivity index (χ4n) is 6.90. The Kier molecular flexibility index (Phi) is 9.27. The topological polar surface area (TPSA) is 94.1 Å². The van der Waals surface area contributed by atoms with Crippen LogP contribution in [0.1, 0.15) is 48.3 Å². The summed E-state index contributed by atoms with van der Waals surface area (Å²) in [5.41, 5.74) is 1.74. The molecule has 2 aromatic heterocycles. The number of rotatable bonds is 7. The number of likely N-dealkylation sites (N-methyl/N-ethyl adjacent to an activating group) is 1. The molecule has 1 N–H and O–H groups in total. The molecule has 0 bridgehead atoms. The Morgan fingerprint density at radius 1 is 1.06 bits per heavy atom. The summed E-state index contributed by atoms with van der Waals surface area (Å²) >= 11 is 0. The number of amides is 3. The molecule has 2 saturated heterocycles. The third-order valence-corrected chi connectivity index (χ3v) is 9.21. The molecule has 3 aromatic rings. The van der Waals surface area contributed by atoms with Gasteiger partial charge in [0.1, 0.15) is 11.4 Å². The van der Waals surface area contributed by atoms with Gasteiger partial charge in [-0.1, -0.05) is 19.1 Å². The first-order valence-corrected chi connectivity index (χ1v) is 16.2. The summed E-state index contributed by atoms with van der Waals surface area (Å²) in [6.45, 7) is 6.96. The summed E-state index contributed by atoms with van der Waals surface area (Å²) in [4.78, 5) is 44.1. The van der Waals surface area contributed by atoms with Crippen LogP contribution in [-0.2, 0) is 12.6 Å². The monoisotopic (exact) mass is 651 g/mol. The zero-order valence-electron chi connectivity index (χ0n) is 26.9. The Hall–Kier alpha value is -4.39. The van der Waals surface area contributed by atoms with Crippen molar-refractivity contribution in [2.24, 2.45) is 0 Å². The number of piperazine rings is 1. The molecule has 250 valence electrons. The summed E-state index contributed by atoms with van der Waals surface area (Å²) < 4.78 is 47.9. The number of urea groups is 1. The molecule has 0 saturated carbocycles. The SMILES string of the molecule is CCOc1cc(N2CCN(C(=O)N3CCc4cccc(C(F)(F)F)c43)C[C@H]2CC)c(C(=O)N[C@H]2CCN(C)C2)nc1-c1cccnc1. The molecule has 0 radical (unpaired) electrons. The van der Waals surface area contributed by atoms with Crippen molar-refractivity contribution in [1.29, 1.82) is 0 Å². The number of likely N-dealkylation sites (tertiary alicyclic amines) is 1. The van der Waals surface area contributed by atoms with E-state index in [0.717, 1.165) is 25.6 Å². The van der Waals surface area contributed by atoms with E-state index >= 15 is 0 Å². The number of anilines is 2. The Labute approximate surface area is 272 Å². The van der Waals surface area contributed by atoms with Gasteiger partial charge in [0, 0.05) is 68.8 Å². The lowest BCUT2D eigenvalue weighted by atomic mass is 10.0. The Morgan fingerprint density at radius 2 is 1.89 bits per heavy atom. The highest BCUT2D eigenvalue weighted by molar-refractivity contribution is 6.00. The number of aromatic nitrogens is 2. The molecule has 0 spiro atoms. The maximum atomic E-state index is 14.0. The number of carbonyl (C=O) groups excluding carboxylic acids is 2. The zero-order valence-corrected chi connectivity index (χ0v) is 26.9. The largest absolute Gasteiger partial charge is 0.492 e. The zero-order chi connectivity index (χ0) is 33.3. The van der Waals surface area contributed by atoms with Crippen molar-refractivity contribution in [3.05, 3.63) is 65.6 Å². The highest BCUT2D eigenvalue weighted by atomic mass is 19.4. The number of nitrogens with zero attached hydrogens (tertiary/aromatic N) is 6. The summed E-state index contributed by atoms with van der Waals surface area (Å²) in [6.07, 6.45) is 0.594. The average Bonchev–Trinajstić information content (AvgIpc) is 3.69. The second-order valence-corrected chi connectivity index (χ2v) is 12.3. The van der Waals surface area contributed by atoms with Crippen LogP contribution in [-0.4, -0.2) is 96.7 Å². The number of benzene rings is 1. The van der Waals surface area contributed by atoms with Gasteiger partial charge in [0.25, 0.3) is 5.91 Å². The van der Waals surface area contributed by atoms with Crippen molar-refractivity contribution in [1.82, 2.24) is 25.1 Å². The summed E-state index contributed by atoms with van der Waals surface area (Å²) in [5.74, 6) is 0.213. The third kappa shape index (κ3) is 6.58. The van der Waals surface area contributed by atoms with Crippen molar-refractivity contribution in [3.63, 3.8) is 0 Å². The number of carbonyl (C=O) groups is 2. The average molecular weight is 652 g/mol. The van der Waals surface area contributed by atoms with Gasteiger partial charge in [0.05, 0.1) is 23.5 Å². The Morgan fingerprint density at radius 3 is 2.57 bits per heavy atom. The number of ether oxygens (including phenoxy) is 1. The van der Waals surface area contributed by atoms with Crippen LogP contribution in [0, 0.1) is 0 Å². The minimum absolute atomic E-state index is 0.0167. The molecule has 2 fully saturated rings. The lowest BCUT2D eigenvalue weighted by molar-refractivity contribution is -0.137. The number of alkyl halides is 3. The highest BCUT2D eigenvalue weighted by Gasteiger charge is 2.42. The highest BCUT2D eigenvalue weighted by Crippen LogP contribution is 2.42. The molecule has 6 rings (SSSR count). The van der Waals surface area contributed by atoms with Crippen LogP contribution >= 0.6 is 0 Å². The van der Waals surface area contributed by atoms with E-state index in [0.29, 0.717) is 54.3 Å². The maximum absolute atomic E-state index is 14.0. The molecule has 3 aliphatic rings. The van der Waals surface area contributed by atoms with Crippen LogP contribution in [0.5, 0.6) is 5.75 Å². The molecular weight excluding hydrogens is 611 g/mol. The van der Waals surface area contributed by atoms with E-state index in [1.165, 1.54) is 11.0 Å². The van der Waals surface area contributed by atoms with Gasteiger partial charge in [0.2, 0.25) is 0 Å². The van der Waals surface area contributed by atoms with Crippen molar-refractivity contribution in [2.45, 2.75) is 51.4 Å². The van der Waals surface area contributed by atoms with Gasteiger partial charge < -0.3 is 24.8 Å². The smallest absolute Gasteiger partial charge is 0.418 e. The van der Waals surface area contributed by atoms with Gasteiger partial charge in [-0.3, -0.25) is 14.7 Å². The number of hydrogen-bond donors (Lipinski definition) is 1. The van der Waals surface area contributed by atoms with Crippen LogP contribution in [0.3, 0.4) is 0 Å². The summed E-state index contributed by atoms with van der Waals surface area (Å²) in [6, 6.07) is 8.91. The van der Waals surface area contributed by atoms with Crippen LogP contribution in [0.2, 0.25) is 0 Å². The van der Waals surface area contributed by atoms with Gasteiger partial charge >= 0.3 is 12.2 Å². The van der Waals surface area contributed by atoms with E-state index in [1.54, 1.807) is 29.4 Å². The lowest BCUT2D eigenvalue weighted by Crippen LogP contribution is -2.58. The first-order chi connectivity index (χ1) is 22.6. The van der Waals surface area contributed by atoms with E-state index < -0.39 is 17.8 Å². The van der Waals surface area contributed by atoms with E-state index in [2.05, 4.69) is 20.1 Å². The second kappa shape index (κ2) is 13.4. The molecule has 13 heteroatoms. The normalized spacial score (nSPS) is 20.0. The standard InChI is InChI=1S/C34H40F3N7O3/c1-4-25-21-42(33(46)44-15-11-22-8-6-10-26(31(22)44)34(35,36)37)16-17-43(25)27-18-28(47-5-2)29(23-9-7-13-38-19-23)40-30(27)32(45)39-24-12-14-41(3)20-24/h6-10,13,18-19,24-25H,4-5,11-12,14-17,20-21H2,1-3H3,(H,39,45)/t24-,25+/m0/s1. The van der Waals surface area contributed by atoms with Gasteiger partial charge in [-0.05, 0) is 63.5 Å². The molecule has 0 unspecified atom stereocenters. The van der Waals surface area contributed by atoms with Crippen LogP contribution in [0.25, 0.3) is 11.3 Å². The van der Waals surface area contributed by atoms with Crippen molar-refractivity contribution < 1.29 is 27.5 Å². The van der Waals surface area contributed by atoms with Crippen molar-refractivity contribution in [3.8, 4) is 17.0 Å². The predicted octanol–water partition coefficient (Wildman–Crippen LogP) is 5.08. The maximum Gasteiger partial charge on any atom is 0.418 e. The fraction of sp³-hybridized carbons (Fsp3) is 0.471. The molecular formula is C34H40F3N7O3. The number of fused-ring (bicyclic) bond motifs is 1. The van der Waals surface area contributed by atoms with Crippen LogP contribution in [0.4, 0.5) is 29.3 Å². The molecule has 0 aliphatic carbocycles. The van der Waals surface area contributed by atoms with Crippen molar-refractivity contribution >= 4 is 23.3 Å². The Balaban J connectivity index is 1.32. The number of hydrogen-bond acceptors (Lipinski definition) is 7. The van der Waals surface area contributed by atoms with E-state index in [1.807, 2.05) is 33.0 Å². The van der Waals surface area contributed by atoms with Gasteiger partial charge in [-0.25, -0.2) is 9.78 Å². The van der Waals surface area contributed by atoms with Crippen LogP contribution < -0.4 is 19.9 Å². The van der Waals surface area contributed by atoms with Crippen molar-refractivity contribution in [2.75, 3.05) is 62.7 Å². The van der Waals surface area contributed by atoms with E-state index in [-0.39, 0.29) is 49.0 Å². The minimum atomic E-state index is -4.57. The van der Waals surface area contributed by atoms with Gasteiger partial charge in [-0.2, -0.15) is 13.2 Å². The molecule has 3 aliphatic heterocycles. The number of halogens is 3. The Bertz CT molecular complexity index is 1620. The summed E-state index contributed by atoms with van der Waals surface area (Å²) in [5, 5.41) is 3.17. The number of nitrogens with one attached hydrogen (secondary N) is 1. The summed E-state index contributed by atoms with van der Waals surface area (Å²) in [7, 11) is 2.02. The van der Waals surface area contributed by atoms with E-state index in [4.69, 9.17) is 9.72 Å². The predicted molar refractivity (Wildman–Crippen MR) is 173 cm³/mol. The van der Waals surface area contributed by atoms with Gasteiger partial charge in [0.15, 0.2) is 5.69 Å².